The van der Waals surface area contributed by atoms with Crippen LogP contribution in [0.15, 0.2) is 42.5 Å². The molecule has 3 heteroatoms. The van der Waals surface area contributed by atoms with E-state index >= 15 is 0 Å². The zero-order valence-electron chi connectivity index (χ0n) is 10.2. The van der Waals surface area contributed by atoms with Crippen molar-refractivity contribution in [2.45, 2.75) is 0 Å². The van der Waals surface area contributed by atoms with Gasteiger partial charge in [-0.25, -0.2) is 0 Å². The van der Waals surface area contributed by atoms with E-state index in [0.29, 0.717) is 0 Å². The van der Waals surface area contributed by atoms with Gasteiger partial charge in [0.05, 0.1) is 0 Å². The highest BCUT2D eigenvalue weighted by atomic mass is 32.1. The van der Waals surface area contributed by atoms with Crippen molar-refractivity contribution in [3.63, 3.8) is 0 Å². The van der Waals surface area contributed by atoms with Crippen LogP contribution >= 0.6 is 11.3 Å². The van der Waals surface area contributed by atoms with Crippen molar-refractivity contribution in [3.05, 3.63) is 42.5 Å². The lowest BCUT2D eigenvalue weighted by Gasteiger charge is -2.09. The molecule has 0 bridgehead atoms. The molecular formula is C14H17NOS. The summed E-state index contributed by atoms with van der Waals surface area (Å²) in [5, 5.41) is 0.991. The molecule has 0 aliphatic heterocycles. The van der Waals surface area contributed by atoms with Gasteiger partial charge in [-0.2, -0.15) is 0 Å². The quantitative estimate of drug-likeness (QED) is 0.803. The topological polar surface area (TPSA) is 12.5 Å². The van der Waals surface area contributed by atoms with E-state index < -0.39 is 0 Å². The van der Waals surface area contributed by atoms with Crippen molar-refractivity contribution in [2.24, 2.45) is 0 Å². The van der Waals surface area contributed by atoms with E-state index in [4.69, 9.17) is 4.74 Å². The number of hydrogen-bond acceptors (Lipinski definition) is 3. The third-order valence-electron chi connectivity index (χ3n) is 2.42. The van der Waals surface area contributed by atoms with Crippen molar-refractivity contribution in [1.82, 2.24) is 4.90 Å². The summed E-state index contributed by atoms with van der Waals surface area (Å²) >= 11 is 1.70. The van der Waals surface area contributed by atoms with Crippen LogP contribution in [0.3, 0.4) is 0 Å². The molecule has 0 saturated carbocycles. The first-order chi connectivity index (χ1) is 8.25. The lowest BCUT2D eigenvalue weighted by Crippen LogP contribution is -2.19. The standard InChI is InChI=1S/C14H17NOS/c1-15(2)10-11-16-14-9-8-13(17-14)12-6-4-3-5-7-12/h3-9H,10-11H2,1-2H3. The van der Waals surface area contributed by atoms with Crippen molar-refractivity contribution in [3.8, 4) is 15.5 Å². The second-order valence-corrected chi connectivity index (χ2v) is 5.18. The molecule has 0 atom stereocenters. The van der Waals surface area contributed by atoms with Gasteiger partial charge in [-0.15, -0.1) is 0 Å². The molecule has 0 aliphatic carbocycles. The van der Waals surface area contributed by atoms with Crippen LogP contribution in [0.25, 0.3) is 10.4 Å². The normalized spacial score (nSPS) is 10.8. The highest BCUT2D eigenvalue weighted by Crippen LogP contribution is 2.32. The molecule has 0 unspecified atom stereocenters. The lowest BCUT2D eigenvalue weighted by atomic mass is 10.2. The maximum Gasteiger partial charge on any atom is 0.174 e. The first-order valence-corrected chi connectivity index (χ1v) is 6.50. The molecule has 0 fully saturated rings. The molecule has 2 rings (SSSR count). The molecule has 0 saturated heterocycles. The Hall–Kier alpha value is -1.32. The molecule has 0 amide bonds. The third-order valence-corrected chi connectivity index (χ3v) is 3.47. The monoisotopic (exact) mass is 247 g/mol. The van der Waals surface area contributed by atoms with Crippen molar-refractivity contribution in [1.29, 1.82) is 0 Å². The highest BCUT2D eigenvalue weighted by molar-refractivity contribution is 7.17. The molecule has 0 N–H and O–H groups in total. The van der Waals surface area contributed by atoms with Gasteiger partial charge < -0.3 is 9.64 Å². The van der Waals surface area contributed by atoms with Crippen LogP contribution in [0, 0.1) is 0 Å². The Morgan fingerprint density at radius 2 is 1.82 bits per heavy atom. The largest absolute Gasteiger partial charge is 0.483 e. The fourth-order valence-electron chi connectivity index (χ4n) is 1.48. The summed E-state index contributed by atoms with van der Waals surface area (Å²) in [7, 11) is 4.10. The average Bonchev–Trinajstić information content (AvgIpc) is 2.78. The van der Waals surface area contributed by atoms with E-state index in [1.54, 1.807) is 11.3 Å². The van der Waals surface area contributed by atoms with Gasteiger partial charge in [0.15, 0.2) is 5.06 Å². The van der Waals surface area contributed by atoms with Gasteiger partial charge in [-0.1, -0.05) is 41.7 Å². The predicted octanol–water partition coefficient (Wildman–Crippen LogP) is 3.36. The van der Waals surface area contributed by atoms with E-state index in [9.17, 15) is 0 Å². The maximum atomic E-state index is 5.70. The van der Waals surface area contributed by atoms with Gasteiger partial charge in [0, 0.05) is 11.4 Å². The number of likely N-dealkylation sites (N-methyl/N-ethyl adjacent to an activating group) is 1. The Morgan fingerprint density at radius 1 is 1.06 bits per heavy atom. The molecule has 1 aromatic heterocycles. The average molecular weight is 247 g/mol. The Bertz CT molecular complexity index is 450. The first-order valence-electron chi connectivity index (χ1n) is 5.68. The van der Waals surface area contributed by atoms with Crippen LogP contribution < -0.4 is 4.74 Å². The Morgan fingerprint density at radius 3 is 2.53 bits per heavy atom. The van der Waals surface area contributed by atoms with Gasteiger partial charge in [0.2, 0.25) is 0 Å². The lowest BCUT2D eigenvalue weighted by molar-refractivity contribution is 0.267. The molecule has 0 spiro atoms. The molecule has 2 nitrogen and oxygen atoms in total. The second kappa shape index (κ2) is 5.84. The summed E-state index contributed by atoms with van der Waals surface area (Å²) < 4.78 is 5.70. The fraction of sp³-hybridized carbons (Fsp3) is 0.286. The summed E-state index contributed by atoms with van der Waals surface area (Å²) in [6.07, 6.45) is 0. The molecule has 2 aromatic rings. The minimum absolute atomic E-state index is 0.738. The summed E-state index contributed by atoms with van der Waals surface area (Å²) in [5.41, 5.74) is 1.25. The van der Waals surface area contributed by atoms with E-state index in [2.05, 4.69) is 35.2 Å². The number of rotatable bonds is 5. The van der Waals surface area contributed by atoms with E-state index in [1.165, 1.54) is 10.4 Å². The third kappa shape index (κ3) is 3.58. The summed E-state index contributed by atoms with van der Waals surface area (Å²) in [6.45, 7) is 1.68. The molecule has 90 valence electrons. The number of ether oxygens (including phenoxy) is 1. The zero-order chi connectivity index (χ0) is 12.1. The Kier molecular flexibility index (Phi) is 4.18. The van der Waals surface area contributed by atoms with Crippen molar-refractivity contribution >= 4 is 11.3 Å². The summed E-state index contributed by atoms with van der Waals surface area (Å²) in [4.78, 5) is 3.37. The number of benzene rings is 1. The van der Waals surface area contributed by atoms with Gasteiger partial charge in [-0.3, -0.25) is 0 Å². The van der Waals surface area contributed by atoms with Gasteiger partial charge in [0.25, 0.3) is 0 Å². The number of hydrogen-bond donors (Lipinski definition) is 0. The predicted molar refractivity (Wildman–Crippen MR) is 73.8 cm³/mol. The number of thiophene rings is 1. The second-order valence-electron chi connectivity index (χ2n) is 4.14. The van der Waals surface area contributed by atoms with Gasteiger partial charge >= 0.3 is 0 Å². The van der Waals surface area contributed by atoms with Crippen LogP contribution in [0.4, 0.5) is 0 Å². The van der Waals surface area contributed by atoms with Crippen molar-refractivity contribution in [2.75, 3.05) is 27.2 Å². The maximum absolute atomic E-state index is 5.70. The Balaban J connectivity index is 1.97. The van der Waals surface area contributed by atoms with E-state index in [0.717, 1.165) is 18.2 Å². The smallest absolute Gasteiger partial charge is 0.174 e. The molecular weight excluding hydrogens is 230 g/mol. The summed E-state index contributed by atoms with van der Waals surface area (Å²) in [5.74, 6) is 0. The van der Waals surface area contributed by atoms with Crippen LogP contribution in [0.1, 0.15) is 0 Å². The molecule has 1 aromatic carbocycles. The van der Waals surface area contributed by atoms with Crippen LogP contribution in [0.2, 0.25) is 0 Å². The van der Waals surface area contributed by atoms with Crippen LogP contribution in [-0.4, -0.2) is 32.1 Å². The van der Waals surface area contributed by atoms with E-state index in [1.807, 2.05) is 26.2 Å². The molecule has 0 aliphatic rings. The van der Waals surface area contributed by atoms with Crippen LogP contribution in [-0.2, 0) is 0 Å². The molecule has 17 heavy (non-hydrogen) atoms. The minimum atomic E-state index is 0.738. The summed E-state index contributed by atoms with van der Waals surface area (Å²) in [6, 6.07) is 14.5. The zero-order valence-corrected chi connectivity index (χ0v) is 11.0. The first kappa shape index (κ1) is 12.1. The minimum Gasteiger partial charge on any atom is -0.483 e. The van der Waals surface area contributed by atoms with Crippen molar-refractivity contribution < 1.29 is 4.74 Å². The Labute approximate surface area is 106 Å². The van der Waals surface area contributed by atoms with Gasteiger partial charge in [-0.05, 0) is 31.8 Å². The fourth-order valence-corrected chi connectivity index (χ4v) is 2.37. The molecule has 1 heterocycles. The number of nitrogens with zero attached hydrogens (tertiary/aromatic N) is 1. The highest BCUT2D eigenvalue weighted by Gasteiger charge is 2.03. The SMILES string of the molecule is CN(C)CCOc1ccc(-c2ccccc2)s1. The van der Waals surface area contributed by atoms with Gasteiger partial charge in [0.1, 0.15) is 6.61 Å². The van der Waals surface area contributed by atoms with E-state index in [-0.39, 0.29) is 0 Å². The van der Waals surface area contributed by atoms with Crippen LogP contribution in [0.5, 0.6) is 5.06 Å². The molecule has 0 radical (unpaired) electrons.